The summed E-state index contributed by atoms with van der Waals surface area (Å²) in [7, 11) is 8.40. The summed E-state index contributed by atoms with van der Waals surface area (Å²) >= 11 is 0. The number of ether oxygens (including phenoxy) is 1. The highest BCUT2D eigenvalue weighted by molar-refractivity contribution is 5.67. The van der Waals surface area contributed by atoms with Gasteiger partial charge in [-0.3, -0.25) is 4.90 Å². The van der Waals surface area contributed by atoms with Crippen LogP contribution < -0.4 is 4.90 Å². The maximum absolute atomic E-state index is 6.13. The van der Waals surface area contributed by atoms with Gasteiger partial charge in [-0.1, -0.05) is 12.2 Å². The van der Waals surface area contributed by atoms with Crippen molar-refractivity contribution in [2.75, 3.05) is 28.2 Å². The summed E-state index contributed by atoms with van der Waals surface area (Å²) in [5, 5.41) is 0. The molecule has 3 heteroatoms. The first-order valence-corrected chi connectivity index (χ1v) is 7.62. The molecule has 0 saturated heterocycles. The van der Waals surface area contributed by atoms with Crippen LogP contribution in [0.5, 0.6) is 0 Å². The number of hydrogen-bond acceptors (Lipinski definition) is 2. The van der Waals surface area contributed by atoms with E-state index in [0.717, 1.165) is 22.7 Å². The maximum atomic E-state index is 6.13. The molecule has 0 fully saturated rings. The summed E-state index contributed by atoms with van der Waals surface area (Å²) in [5.41, 5.74) is 3.51. The Labute approximate surface area is 132 Å². The second kappa shape index (κ2) is 5.95. The zero-order valence-electron chi connectivity index (χ0n) is 13.6. The number of nitrogens with one attached hydrogen (secondary N) is 1. The van der Waals surface area contributed by atoms with E-state index in [4.69, 9.17) is 4.74 Å². The van der Waals surface area contributed by atoms with Gasteiger partial charge >= 0.3 is 0 Å². The Bertz CT molecular complexity index is 676. The number of quaternary nitrogens is 1. The molecule has 1 heterocycles. The highest BCUT2D eigenvalue weighted by Crippen LogP contribution is 2.31. The van der Waals surface area contributed by atoms with E-state index in [0.29, 0.717) is 0 Å². The fourth-order valence-corrected chi connectivity index (χ4v) is 2.58. The van der Waals surface area contributed by atoms with Crippen molar-refractivity contribution in [3.8, 4) is 0 Å². The molecule has 0 bridgehead atoms. The molecule has 0 radical (unpaired) electrons. The molecule has 1 aromatic rings. The highest BCUT2D eigenvalue weighted by Gasteiger charge is 2.19. The van der Waals surface area contributed by atoms with E-state index in [-0.39, 0.29) is 6.04 Å². The molecule has 0 saturated carbocycles. The molecule has 0 amide bonds. The molecule has 2 aliphatic rings. The fraction of sp³-hybridized carbons (Fsp3) is 0.263. The molecule has 1 unspecified atom stereocenters. The van der Waals surface area contributed by atoms with Gasteiger partial charge in [0.1, 0.15) is 17.2 Å². The first-order chi connectivity index (χ1) is 10.5. The Morgan fingerprint density at radius 1 is 1.00 bits per heavy atom. The van der Waals surface area contributed by atoms with E-state index < -0.39 is 0 Å². The van der Waals surface area contributed by atoms with Gasteiger partial charge in [0.05, 0.1) is 14.1 Å². The van der Waals surface area contributed by atoms with E-state index in [1.54, 1.807) is 0 Å². The monoisotopic (exact) mass is 295 g/mol. The third-order valence-electron chi connectivity index (χ3n) is 4.06. The number of benzene rings is 1. The minimum absolute atomic E-state index is 0.284. The summed E-state index contributed by atoms with van der Waals surface area (Å²) in [6.07, 6.45) is 10.7. The number of rotatable bonds is 3. The zero-order valence-corrected chi connectivity index (χ0v) is 13.6. The van der Waals surface area contributed by atoms with Crippen LogP contribution in [0.3, 0.4) is 0 Å². The molecule has 1 aliphatic carbocycles. The van der Waals surface area contributed by atoms with E-state index >= 15 is 0 Å². The van der Waals surface area contributed by atoms with Crippen molar-refractivity contribution in [2.24, 2.45) is 0 Å². The first kappa shape index (κ1) is 14.8. The molecule has 22 heavy (non-hydrogen) atoms. The molecule has 1 aromatic carbocycles. The zero-order chi connectivity index (χ0) is 15.7. The van der Waals surface area contributed by atoms with Gasteiger partial charge in [-0.25, -0.2) is 0 Å². The normalized spacial score (nSPS) is 20.3. The Balaban J connectivity index is 1.85. The first-order valence-electron chi connectivity index (χ1n) is 7.62. The number of hydrogen-bond donors (Lipinski definition) is 1. The van der Waals surface area contributed by atoms with E-state index in [1.165, 1.54) is 10.6 Å². The van der Waals surface area contributed by atoms with Crippen LogP contribution >= 0.6 is 0 Å². The summed E-state index contributed by atoms with van der Waals surface area (Å²) in [6, 6.07) is 8.81. The lowest BCUT2D eigenvalue weighted by Gasteiger charge is -2.26. The van der Waals surface area contributed by atoms with Gasteiger partial charge in [-0.2, -0.15) is 0 Å². The molecule has 1 aliphatic heterocycles. The Hall–Kier alpha value is -2.10. The number of likely N-dealkylation sites (N-methyl/N-ethyl adjacent to an activating group) is 1. The van der Waals surface area contributed by atoms with E-state index in [9.17, 15) is 0 Å². The van der Waals surface area contributed by atoms with E-state index in [2.05, 4.69) is 81.7 Å². The SMILES string of the molecule is CN(C)C1C=CC2=CC=C(c3ccc([NH+](C)C)cc3)OC2=C1. The molecule has 0 aromatic heterocycles. The van der Waals surface area contributed by atoms with Crippen molar-refractivity contribution in [1.82, 2.24) is 4.90 Å². The van der Waals surface area contributed by atoms with Crippen LogP contribution in [0.1, 0.15) is 5.56 Å². The number of nitrogens with zero attached hydrogens (tertiary/aromatic N) is 1. The summed E-state index contributed by atoms with van der Waals surface area (Å²) in [5.74, 6) is 1.85. The van der Waals surface area contributed by atoms with Gasteiger partial charge in [-0.15, -0.1) is 0 Å². The second-order valence-electron chi connectivity index (χ2n) is 6.18. The minimum Gasteiger partial charge on any atom is -0.456 e. The lowest BCUT2D eigenvalue weighted by Crippen LogP contribution is -3.00. The van der Waals surface area contributed by atoms with Crippen molar-refractivity contribution in [1.29, 1.82) is 0 Å². The minimum atomic E-state index is 0.284. The van der Waals surface area contributed by atoms with Crippen molar-refractivity contribution < 1.29 is 9.64 Å². The Morgan fingerprint density at radius 3 is 2.36 bits per heavy atom. The van der Waals surface area contributed by atoms with Gasteiger partial charge in [-0.05, 0) is 56.6 Å². The number of fused-ring (bicyclic) bond motifs is 1. The van der Waals surface area contributed by atoms with Gasteiger partial charge in [0, 0.05) is 17.2 Å². The average Bonchev–Trinajstić information content (AvgIpc) is 2.53. The maximum Gasteiger partial charge on any atom is 0.134 e. The Kier molecular flexibility index (Phi) is 4.01. The molecular weight excluding hydrogens is 272 g/mol. The largest absolute Gasteiger partial charge is 0.456 e. The lowest BCUT2D eigenvalue weighted by atomic mass is 10.0. The summed E-state index contributed by atoms with van der Waals surface area (Å²) < 4.78 is 6.13. The highest BCUT2D eigenvalue weighted by atomic mass is 16.5. The van der Waals surface area contributed by atoms with Gasteiger partial charge < -0.3 is 9.64 Å². The van der Waals surface area contributed by atoms with Crippen LogP contribution in [-0.2, 0) is 4.74 Å². The summed E-state index contributed by atoms with van der Waals surface area (Å²) in [4.78, 5) is 3.48. The molecular formula is C19H23N2O+. The molecule has 1 atom stereocenters. The van der Waals surface area contributed by atoms with Gasteiger partial charge in [0.2, 0.25) is 0 Å². The smallest absolute Gasteiger partial charge is 0.134 e. The Morgan fingerprint density at radius 2 is 1.73 bits per heavy atom. The van der Waals surface area contributed by atoms with Crippen LogP contribution in [0.15, 0.2) is 66.0 Å². The molecule has 0 spiro atoms. The predicted octanol–water partition coefficient (Wildman–Crippen LogP) is 2.14. The van der Waals surface area contributed by atoms with Crippen molar-refractivity contribution in [3.63, 3.8) is 0 Å². The van der Waals surface area contributed by atoms with Gasteiger partial charge in [0.25, 0.3) is 0 Å². The quantitative estimate of drug-likeness (QED) is 0.920. The van der Waals surface area contributed by atoms with Crippen molar-refractivity contribution in [3.05, 3.63) is 71.5 Å². The van der Waals surface area contributed by atoms with Crippen molar-refractivity contribution in [2.45, 2.75) is 6.04 Å². The topological polar surface area (TPSA) is 16.9 Å². The standard InChI is InChI=1S/C19H22N2O/c1-20(2)16-9-5-14(6-10-16)18-12-8-15-7-11-17(21(3)4)13-19(15)22-18/h5-13,17H,1-4H3/p+1. The molecule has 3 nitrogen and oxygen atoms in total. The molecule has 114 valence electrons. The molecule has 3 rings (SSSR count). The van der Waals surface area contributed by atoms with Crippen LogP contribution in [0.4, 0.5) is 5.69 Å². The predicted molar refractivity (Wildman–Crippen MR) is 90.8 cm³/mol. The summed E-state index contributed by atoms with van der Waals surface area (Å²) in [6.45, 7) is 0. The van der Waals surface area contributed by atoms with Crippen molar-refractivity contribution >= 4 is 11.4 Å². The van der Waals surface area contributed by atoms with E-state index in [1.807, 2.05) is 6.08 Å². The number of allylic oxidation sites excluding steroid dienone is 3. The third-order valence-corrected chi connectivity index (χ3v) is 4.06. The van der Waals surface area contributed by atoms with Gasteiger partial charge in [0.15, 0.2) is 0 Å². The van der Waals surface area contributed by atoms with Crippen LogP contribution in [0.2, 0.25) is 0 Å². The molecule has 1 N–H and O–H groups in total. The van der Waals surface area contributed by atoms with Crippen LogP contribution in [0.25, 0.3) is 5.76 Å². The third kappa shape index (κ3) is 2.91. The average molecular weight is 295 g/mol. The lowest BCUT2D eigenvalue weighted by molar-refractivity contribution is -0.786. The fourth-order valence-electron chi connectivity index (χ4n) is 2.58. The van der Waals surface area contributed by atoms with Crippen LogP contribution in [-0.4, -0.2) is 39.1 Å². The van der Waals surface area contributed by atoms with Crippen LogP contribution in [0, 0.1) is 0 Å². The second-order valence-corrected chi connectivity index (χ2v) is 6.18.